The third-order valence-electron chi connectivity index (χ3n) is 5.43. The summed E-state index contributed by atoms with van der Waals surface area (Å²) in [5, 5.41) is 0. The van der Waals surface area contributed by atoms with Crippen molar-refractivity contribution in [2.45, 2.75) is 44.9 Å². The molecule has 0 spiro atoms. The molecule has 1 heterocycles. The molecule has 1 amide bonds. The van der Waals surface area contributed by atoms with Crippen molar-refractivity contribution in [3.8, 4) is 0 Å². The summed E-state index contributed by atoms with van der Waals surface area (Å²) in [4.78, 5) is 17.2. The van der Waals surface area contributed by atoms with E-state index in [4.69, 9.17) is 10.5 Å². The Morgan fingerprint density at radius 1 is 1.09 bits per heavy atom. The molecule has 0 aromatic carbocycles. The van der Waals surface area contributed by atoms with Crippen molar-refractivity contribution in [2.24, 2.45) is 11.1 Å². The third kappa shape index (κ3) is 6.22. The van der Waals surface area contributed by atoms with Crippen LogP contribution in [0.5, 0.6) is 0 Å². The lowest BCUT2D eigenvalue weighted by Crippen LogP contribution is -2.42. The minimum atomic E-state index is 0. The van der Waals surface area contributed by atoms with Crippen LogP contribution in [0, 0.1) is 5.41 Å². The first-order chi connectivity index (χ1) is 10.7. The van der Waals surface area contributed by atoms with E-state index in [0.29, 0.717) is 18.9 Å². The first-order valence-electron chi connectivity index (χ1n) is 8.88. The lowest BCUT2D eigenvalue weighted by atomic mass is 9.71. The largest absolute Gasteiger partial charge is 0.383 e. The molecule has 0 aromatic heterocycles. The molecule has 136 valence electrons. The summed E-state index contributed by atoms with van der Waals surface area (Å²) < 4.78 is 5.15. The van der Waals surface area contributed by atoms with Crippen molar-refractivity contribution in [1.29, 1.82) is 0 Å². The van der Waals surface area contributed by atoms with E-state index in [1.807, 2.05) is 0 Å². The summed E-state index contributed by atoms with van der Waals surface area (Å²) in [7, 11) is 1.74. The third-order valence-corrected chi connectivity index (χ3v) is 5.43. The zero-order chi connectivity index (χ0) is 15.8. The van der Waals surface area contributed by atoms with Gasteiger partial charge in [0, 0.05) is 39.7 Å². The van der Waals surface area contributed by atoms with Crippen molar-refractivity contribution < 1.29 is 9.53 Å². The van der Waals surface area contributed by atoms with Gasteiger partial charge >= 0.3 is 0 Å². The average molecular weight is 348 g/mol. The summed E-state index contributed by atoms with van der Waals surface area (Å²) in [5.41, 5.74) is 6.11. The molecule has 6 heteroatoms. The fourth-order valence-corrected chi connectivity index (χ4v) is 3.85. The summed E-state index contributed by atoms with van der Waals surface area (Å²) in [6.07, 6.45) is 7.73. The number of rotatable bonds is 6. The van der Waals surface area contributed by atoms with E-state index >= 15 is 0 Å². The van der Waals surface area contributed by atoms with Crippen LogP contribution in [-0.4, -0.2) is 68.7 Å². The van der Waals surface area contributed by atoms with Crippen LogP contribution in [0.4, 0.5) is 0 Å². The maximum Gasteiger partial charge on any atom is 0.223 e. The molecule has 1 saturated heterocycles. The molecule has 23 heavy (non-hydrogen) atoms. The van der Waals surface area contributed by atoms with Gasteiger partial charge in [0.25, 0.3) is 0 Å². The van der Waals surface area contributed by atoms with E-state index in [2.05, 4.69) is 9.80 Å². The number of carbonyl (C=O) groups excluding carboxylic acids is 1. The van der Waals surface area contributed by atoms with Gasteiger partial charge in [0.05, 0.1) is 6.61 Å². The zero-order valence-corrected chi connectivity index (χ0v) is 15.4. The maximum atomic E-state index is 12.7. The lowest BCUT2D eigenvalue weighted by molar-refractivity contribution is -0.134. The molecule has 1 aliphatic heterocycles. The molecule has 2 N–H and O–H groups in total. The van der Waals surface area contributed by atoms with E-state index in [-0.39, 0.29) is 17.8 Å². The SMILES string of the molecule is COCCN1CCCN(C(=O)CC2(CN)CCCCC2)CC1.Cl. The Morgan fingerprint density at radius 3 is 2.48 bits per heavy atom. The van der Waals surface area contributed by atoms with Gasteiger partial charge in [-0.1, -0.05) is 19.3 Å². The Labute approximate surface area is 147 Å². The predicted molar refractivity (Wildman–Crippen MR) is 96.0 cm³/mol. The minimum absolute atomic E-state index is 0. The van der Waals surface area contributed by atoms with Crippen LogP contribution in [-0.2, 0) is 9.53 Å². The molecule has 0 atom stereocenters. The van der Waals surface area contributed by atoms with Gasteiger partial charge in [0.15, 0.2) is 0 Å². The van der Waals surface area contributed by atoms with Crippen molar-refractivity contribution in [2.75, 3.05) is 53.0 Å². The number of methoxy groups -OCH3 is 1. The molecule has 2 aliphatic rings. The van der Waals surface area contributed by atoms with E-state index < -0.39 is 0 Å². The molecule has 5 nitrogen and oxygen atoms in total. The molecule has 0 bridgehead atoms. The van der Waals surface area contributed by atoms with Gasteiger partial charge in [-0.05, 0) is 37.8 Å². The summed E-state index contributed by atoms with van der Waals surface area (Å²) in [6.45, 7) is 6.16. The van der Waals surface area contributed by atoms with E-state index in [0.717, 1.165) is 58.6 Å². The van der Waals surface area contributed by atoms with Crippen LogP contribution in [0.2, 0.25) is 0 Å². The monoisotopic (exact) mass is 347 g/mol. The number of nitrogens with zero attached hydrogens (tertiary/aromatic N) is 2. The normalized spacial score (nSPS) is 22.3. The molecule has 2 rings (SSSR count). The van der Waals surface area contributed by atoms with E-state index in [9.17, 15) is 4.79 Å². The number of ether oxygens (including phenoxy) is 1. The first-order valence-corrected chi connectivity index (χ1v) is 8.88. The Balaban J connectivity index is 0.00000264. The number of amides is 1. The Morgan fingerprint density at radius 2 is 1.83 bits per heavy atom. The van der Waals surface area contributed by atoms with Crippen LogP contribution in [0.25, 0.3) is 0 Å². The Hall–Kier alpha value is -0.360. The highest BCUT2D eigenvalue weighted by atomic mass is 35.5. The molecular formula is C17H34ClN3O2. The van der Waals surface area contributed by atoms with Crippen molar-refractivity contribution in [3.63, 3.8) is 0 Å². The molecule has 0 aromatic rings. The van der Waals surface area contributed by atoms with Gasteiger partial charge < -0.3 is 15.4 Å². The molecule has 1 saturated carbocycles. The molecule has 2 fully saturated rings. The van der Waals surface area contributed by atoms with Gasteiger partial charge in [-0.2, -0.15) is 0 Å². The quantitative estimate of drug-likeness (QED) is 0.797. The average Bonchev–Trinajstić information content (AvgIpc) is 2.79. The van der Waals surface area contributed by atoms with Gasteiger partial charge in [-0.15, -0.1) is 12.4 Å². The van der Waals surface area contributed by atoms with Crippen LogP contribution >= 0.6 is 12.4 Å². The van der Waals surface area contributed by atoms with Crippen LogP contribution < -0.4 is 5.73 Å². The number of carbonyl (C=O) groups is 1. The minimum Gasteiger partial charge on any atom is -0.383 e. The number of nitrogens with two attached hydrogens (primary N) is 1. The topological polar surface area (TPSA) is 58.8 Å². The smallest absolute Gasteiger partial charge is 0.223 e. The standard InChI is InChI=1S/C17H33N3O2.ClH/c1-22-13-12-19-8-5-9-20(11-10-19)16(21)14-17(15-18)6-3-2-4-7-17;/h2-15,18H2,1H3;1H. The van der Waals surface area contributed by atoms with Crippen molar-refractivity contribution >= 4 is 18.3 Å². The number of hydrogen-bond donors (Lipinski definition) is 1. The first kappa shape index (κ1) is 20.7. The van der Waals surface area contributed by atoms with Crippen molar-refractivity contribution in [3.05, 3.63) is 0 Å². The predicted octanol–water partition coefficient (Wildman–Crippen LogP) is 1.89. The molecule has 0 radical (unpaired) electrons. The number of halogens is 1. The second-order valence-corrected chi connectivity index (χ2v) is 7.01. The highest BCUT2D eigenvalue weighted by Crippen LogP contribution is 2.38. The van der Waals surface area contributed by atoms with Gasteiger partial charge in [-0.3, -0.25) is 9.69 Å². The van der Waals surface area contributed by atoms with Gasteiger partial charge in [0.1, 0.15) is 0 Å². The highest BCUT2D eigenvalue weighted by Gasteiger charge is 2.34. The summed E-state index contributed by atoms with van der Waals surface area (Å²) in [6, 6.07) is 0. The van der Waals surface area contributed by atoms with Gasteiger partial charge in [0.2, 0.25) is 5.91 Å². The van der Waals surface area contributed by atoms with Crippen LogP contribution in [0.3, 0.4) is 0 Å². The fraction of sp³-hybridized carbons (Fsp3) is 0.941. The second-order valence-electron chi connectivity index (χ2n) is 7.01. The van der Waals surface area contributed by atoms with E-state index in [1.54, 1.807) is 7.11 Å². The zero-order valence-electron chi connectivity index (χ0n) is 14.6. The fourth-order valence-electron chi connectivity index (χ4n) is 3.85. The molecule has 1 aliphatic carbocycles. The highest BCUT2D eigenvalue weighted by molar-refractivity contribution is 5.85. The number of hydrogen-bond acceptors (Lipinski definition) is 4. The molecule has 0 unspecified atom stereocenters. The van der Waals surface area contributed by atoms with Crippen LogP contribution in [0.15, 0.2) is 0 Å². The van der Waals surface area contributed by atoms with Gasteiger partial charge in [-0.25, -0.2) is 0 Å². The van der Waals surface area contributed by atoms with E-state index in [1.165, 1.54) is 19.3 Å². The molecular weight excluding hydrogens is 314 g/mol. The summed E-state index contributed by atoms with van der Waals surface area (Å²) >= 11 is 0. The van der Waals surface area contributed by atoms with Crippen LogP contribution in [0.1, 0.15) is 44.9 Å². The second kappa shape index (κ2) is 10.5. The summed E-state index contributed by atoms with van der Waals surface area (Å²) in [5.74, 6) is 0.320. The lowest BCUT2D eigenvalue weighted by Gasteiger charge is -2.37. The Kier molecular flexibility index (Phi) is 9.44. The maximum absolute atomic E-state index is 12.7. The Bertz CT molecular complexity index is 349. The van der Waals surface area contributed by atoms with Crippen molar-refractivity contribution in [1.82, 2.24) is 9.80 Å².